The van der Waals surface area contributed by atoms with Crippen molar-refractivity contribution in [3.8, 4) is 5.75 Å². The third kappa shape index (κ3) is 3.03. The van der Waals surface area contributed by atoms with Crippen molar-refractivity contribution >= 4 is 40.5 Å². The van der Waals surface area contributed by atoms with E-state index in [0.29, 0.717) is 11.1 Å². The van der Waals surface area contributed by atoms with E-state index in [1.54, 1.807) is 6.07 Å². The highest BCUT2D eigenvalue weighted by atomic mass is 35.5. The molecule has 1 N–H and O–H groups in total. The number of fused-ring (bicyclic) bond motifs is 2. The second kappa shape index (κ2) is 7.02. The lowest BCUT2D eigenvalue weighted by molar-refractivity contribution is -0.139. The first-order valence-electron chi connectivity index (χ1n) is 8.68. The molecule has 0 bridgehead atoms. The molecule has 1 atom stereocenters. The van der Waals surface area contributed by atoms with Gasteiger partial charge >= 0.3 is 5.97 Å². The summed E-state index contributed by atoms with van der Waals surface area (Å²) in [5, 5.41) is 9.05. The van der Waals surface area contributed by atoms with Crippen LogP contribution in [-0.4, -0.2) is 23.5 Å². The summed E-state index contributed by atoms with van der Waals surface area (Å²) >= 11 is 12.7. The van der Waals surface area contributed by atoms with E-state index in [4.69, 9.17) is 33.0 Å². The maximum atomic E-state index is 13.2. The summed E-state index contributed by atoms with van der Waals surface area (Å²) in [5.41, 5.74) is 3.96. The SMILES string of the molecule is O=C(O)COc1cc2c(c(Cl)c1Cl)C(=O)C1=C2CCCC1c1ccccc1. The third-order valence-corrected chi connectivity index (χ3v) is 5.97. The summed E-state index contributed by atoms with van der Waals surface area (Å²) in [6, 6.07) is 11.6. The number of carbonyl (C=O) groups excluding carboxylic acids is 1. The van der Waals surface area contributed by atoms with Crippen molar-refractivity contribution in [2.75, 3.05) is 6.61 Å². The highest BCUT2D eigenvalue weighted by Crippen LogP contribution is 2.52. The minimum atomic E-state index is -1.11. The number of ketones is 1. The van der Waals surface area contributed by atoms with Crippen molar-refractivity contribution in [2.24, 2.45) is 0 Å². The molecule has 1 unspecified atom stereocenters. The minimum Gasteiger partial charge on any atom is -0.480 e. The van der Waals surface area contributed by atoms with Crippen LogP contribution >= 0.6 is 23.2 Å². The zero-order chi connectivity index (χ0) is 19.1. The number of Topliss-reactive ketones (excluding diaryl/α,β-unsaturated/α-hetero) is 1. The second-order valence-corrected chi connectivity index (χ2v) is 7.44. The standard InChI is InChI=1S/C21H16Cl2O4/c22-19-15(27-10-16(24)25)9-14-13-8-4-7-12(11-5-2-1-3-6-11)17(13)21(26)18(14)20(19)23/h1-3,5-6,9,12H,4,7-8,10H2,(H,24,25). The predicted molar refractivity (Wildman–Crippen MR) is 104 cm³/mol. The van der Waals surface area contributed by atoms with E-state index in [0.717, 1.165) is 36.0 Å². The number of aliphatic carboxylic acids is 1. The molecule has 0 fully saturated rings. The molecule has 0 aromatic heterocycles. The normalized spacial score (nSPS) is 18.3. The van der Waals surface area contributed by atoms with Crippen molar-refractivity contribution in [3.05, 3.63) is 68.7 Å². The lowest BCUT2D eigenvalue weighted by atomic mass is 9.79. The summed E-state index contributed by atoms with van der Waals surface area (Å²) in [5.74, 6) is -0.995. The smallest absolute Gasteiger partial charge is 0.341 e. The van der Waals surface area contributed by atoms with Gasteiger partial charge in [0.25, 0.3) is 0 Å². The zero-order valence-electron chi connectivity index (χ0n) is 14.3. The van der Waals surface area contributed by atoms with Crippen LogP contribution in [0, 0.1) is 0 Å². The van der Waals surface area contributed by atoms with Crippen molar-refractivity contribution in [3.63, 3.8) is 0 Å². The molecule has 0 spiro atoms. The Balaban J connectivity index is 1.83. The summed E-state index contributed by atoms with van der Waals surface area (Å²) in [6.07, 6.45) is 2.63. The molecule has 4 nitrogen and oxygen atoms in total. The van der Waals surface area contributed by atoms with Gasteiger partial charge in [-0.25, -0.2) is 4.79 Å². The number of hydrogen-bond acceptors (Lipinski definition) is 3. The van der Waals surface area contributed by atoms with E-state index in [2.05, 4.69) is 0 Å². The molecular formula is C21H16Cl2O4. The van der Waals surface area contributed by atoms with Crippen LogP contribution in [0.2, 0.25) is 10.0 Å². The Hall–Kier alpha value is -2.30. The molecular weight excluding hydrogens is 387 g/mol. The molecule has 0 saturated heterocycles. The van der Waals surface area contributed by atoms with Gasteiger partial charge < -0.3 is 9.84 Å². The zero-order valence-corrected chi connectivity index (χ0v) is 15.8. The molecule has 27 heavy (non-hydrogen) atoms. The summed E-state index contributed by atoms with van der Waals surface area (Å²) in [7, 11) is 0. The van der Waals surface area contributed by atoms with Gasteiger partial charge in [-0.05, 0) is 42.0 Å². The average molecular weight is 403 g/mol. The Morgan fingerprint density at radius 1 is 1.19 bits per heavy atom. The van der Waals surface area contributed by atoms with E-state index in [1.165, 1.54) is 0 Å². The number of allylic oxidation sites excluding steroid dienone is 2. The molecule has 2 aliphatic rings. The fourth-order valence-corrected chi connectivity index (χ4v) is 4.49. The maximum Gasteiger partial charge on any atom is 0.341 e. The quantitative estimate of drug-likeness (QED) is 0.745. The van der Waals surface area contributed by atoms with Crippen LogP contribution in [-0.2, 0) is 4.79 Å². The Bertz CT molecular complexity index is 979. The van der Waals surface area contributed by atoms with Gasteiger partial charge in [0.15, 0.2) is 12.4 Å². The van der Waals surface area contributed by atoms with E-state index in [-0.39, 0.29) is 27.5 Å². The lowest BCUT2D eigenvalue weighted by Crippen LogP contribution is -2.13. The van der Waals surface area contributed by atoms with Gasteiger partial charge in [-0.3, -0.25) is 4.79 Å². The first-order chi connectivity index (χ1) is 13.0. The van der Waals surface area contributed by atoms with E-state index < -0.39 is 12.6 Å². The van der Waals surface area contributed by atoms with Gasteiger partial charge in [0.05, 0.1) is 10.6 Å². The first-order valence-corrected chi connectivity index (χ1v) is 9.44. The van der Waals surface area contributed by atoms with E-state index in [9.17, 15) is 9.59 Å². The van der Waals surface area contributed by atoms with Crippen molar-refractivity contribution in [1.82, 2.24) is 0 Å². The van der Waals surface area contributed by atoms with Crippen molar-refractivity contribution in [1.29, 1.82) is 0 Å². The number of carboxylic acid groups (broad SMARTS) is 1. The Morgan fingerprint density at radius 3 is 2.63 bits per heavy atom. The predicted octanol–water partition coefficient (Wildman–Crippen LogP) is 5.37. The summed E-state index contributed by atoms with van der Waals surface area (Å²) in [4.78, 5) is 24.0. The highest BCUT2D eigenvalue weighted by molar-refractivity contribution is 6.46. The first kappa shape index (κ1) is 18.1. The van der Waals surface area contributed by atoms with Crippen LogP contribution in [0.3, 0.4) is 0 Å². The Kier molecular flexibility index (Phi) is 4.70. The molecule has 6 heteroatoms. The molecule has 2 aromatic rings. The molecule has 2 aromatic carbocycles. The molecule has 4 rings (SSSR count). The van der Waals surface area contributed by atoms with Crippen LogP contribution in [0.4, 0.5) is 0 Å². The summed E-state index contributed by atoms with van der Waals surface area (Å²) in [6.45, 7) is -0.526. The van der Waals surface area contributed by atoms with Crippen molar-refractivity contribution < 1.29 is 19.4 Å². The number of hydrogen-bond donors (Lipinski definition) is 1. The Labute approximate surface area is 166 Å². The molecule has 0 heterocycles. The summed E-state index contributed by atoms with van der Waals surface area (Å²) < 4.78 is 5.28. The Morgan fingerprint density at radius 2 is 1.93 bits per heavy atom. The van der Waals surface area contributed by atoms with E-state index >= 15 is 0 Å². The van der Waals surface area contributed by atoms with Crippen LogP contribution in [0.1, 0.15) is 46.7 Å². The number of rotatable bonds is 4. The van der Waals surface area contributed by atoms with Gasteiger partial charge in [0.1, 0.15) is 10.8 Å². The van der Waals surface area contributed by atoms with E-state index in [1.807, 2.05) is 30.3 Å². The largest absolute Gasteiger partial charge is 0.480 e. The molecule has 0 aliphatic heterocycles. The minimum absolute atomic E-state index is 0.0214. The van der Waals surface area contributed by atoms with Gasteiger partial charge in [0, 0.05) is 11.5 Å². The fraction of sp³-hybridized carbons (Fsp3) is 0.238. The average Bonchev–Trinajstić information content (AvgIpc) is 2.96. The van der Waals surface area contributed by atoms with Crippen LogP contribution in [0.15, 0.2) is 42.0 Å². The molecule has 0 saturated carbocycles. The topological polar surface area (TPSA) is 63.6 Å². The van der Waals surface area contributed by atoms with Crippen LogP contribution in [0.5, 0.6) is 5.75 Å². The third-order valence-electron chi connectivity index (χ3n) is 5.12. The maximum absolute atomic E-state index is 13.2. The highest BCUT2D eigenvalue weighted by Gasteiger charge is 2.39. The molecule has 138 valence electrons. The van der Waals surface area contributed by atoms with Gasteiger partial charge in [0.2, 0.25) is 0 Å². The second-order valence-electron chi connectivity index (χ2n) is 6.68. The van der Waals surface area contributed by atoms with Gasteiger partial charge in [-0.1, -0.05) is 53.5 Å². The number of benzene rings is 2. The van der Waals surface area contributed by atoms with Crippen LogP contribution < -0.4 is 4.74 Å². The van der Waals surface area contributed by atoms with Crippen LogP contribution in [0.25, 0.3) is 5.57 Å². The number of carboxylic acids is 1. The van der Waals surface area contributed by atoms with Crippen molar-refractivity contribution in [2.45, 2.75) is 25.2 Å². The number of ether oxygens (including phenoxy) is 1. The molecule has 2 aliphatic carbocycles. The number of halogens is 2. The molecule has 0 amide bonds. The van der Waals surface area contributed by atoms with Gasteiger partial charge in [-0.15, -0.1) is 0 Å². The monoisotopic (exact) mass is 402 g/mol. The number of carbonyl (C=O) groups is 2. The van der Waals surface area contributed by atoms with Gasteiger partial charge in [-0.2, -0.15) is 0 Å². The fourth-order valence-electron chi connectivity index (χ4n) is 4.01. The molecule has 0 radical (unpaired) electrons. The lowest BCUT2D eigenvalue weighted by Gasteiger charge is -2.24.